The summed E-state index contributed by atoms with van der Waals surface area (Å²) in [6.45, 7) is 2.51. The van der Waals surface area contributed by atoms with Crippen molar-refractivity contribution >= 4 is 22.4 Å². The smallest absolute Gasteiger partial charge is 0.251 e. The summed E-state index contributed by atoms with van der Waals surface area (Å²) in [5.41, 5.74) is 1.04. The standard InChI is InChI=1S/C16H17F2N3OS/c17-13-4-3-11(9-14(13)18)15(22)19-6-5-12-10-23-16(20-12)21-7-1-2-8-21/h3-4,9-10H,1-2,5-8H2,(H,19,22). The van der Waals surface area contributed by atoms with Gasteiger partial charge in [-0.3, -0.25) is 4.79 Å². The molecule has 1 aromatic heterocycles. The van der Waals surface area contributed by atoms with Gasteiger partial charge in [0.25, 0.3) is 5.91 Å². The minimum atomic E-state index is -1.02. The van der Waals surface area contributed by atoms with Crippen LogP contribution in [-0.2, 0) is 6.42 Å². The van der Waals surface area contributed by atoms with Gasteiger partial charge in [-0.05, 0) is 31.0 Å². The van der Waals surface area contributed by atoms with E-state index in [-0.39, 0.29) is 5.56 Å². The summed E-state index contributed by atoms with van der Waals surface area (Å²) in [5, 5.41) is 5.73. The van der Waals surface area contributed by atoms with Crippen LogP contribution in [0.3, 0.4) is 0 Å². The van der Waals surface area contributed by atoms with E-state index in [4.69, 9.17) is 0 Å². The summed E-state index contributed by atoms with van der Waals surface area (Å²) in [5.74, 6) is -2.40. The Morgan fingerprint density at radius 3 is 2.78 bits per heavy atom. The number of carbonyl (C=O) groups excluding carboxylic acids is 1. The molecule has 1 fully saturated rings. The second-order valence-corrected chi connectivity index (χ2v) is 6.29. The van der Waals surface area contributed by atoms with Gasteiger partial charge >= 0.3 is 0 Å². The number of hydrogen-bond donors (Lipinski definition) is 1. The van der Waals surface area contributed by atoms with Gasteiger partial charge in [-0.2, -0.15) is 0 Å². The van der Waals surface area contributed by atoms with Crippen molar-refractivity contribution < 1.29 is 13.6 Å². The maximum absolute atomic E-state index is 13.1. The summed E-state index contributed by atoms with van der Waals surface area (Å²) >= 11 is 1.62. The number of rotatable bonds is 5. The Bertz CT molecular complexity index is 698. The first kappa shape index (κ1) is 15.9. The first-order valence-corrected chi connectivity index (χ1v) is 8.44. The highest BCUT2D eigenvalue weighted by Crippen LogP contribution is 2.24. The van der Waals surface area contributed by atoms with E-state index >= 15 is 0 Å². The molecule has 2 heterocycles. The number of carbonyl (C=O) groups is 1. The Morgan fingerprint density at radius 2 is 2.04 bits per heavy atom. The van der Waals surface area contributed by atoms with Gasteiger partial charge in [0.1, 0.15) is 0 Å². The van der Waals surface area contributed by atoms with Crippen molar-refractivity contribution in [2.45, 2.75) is 19.3 Å². The van der Waals surface area contributed by atoms with Crippen LogP contribution in [0.25, 0.3) is 0 Å². The fourth-order valence-corrected chi connectivity index (χ4v) is 3.42. The number of halogens is 2. The molecule has 122 valence electrons. The largest absolute Gasteiger partial charge is 0.352 e. The topological polar surface area (TPSA) is 45.2 Å². The number of hydrogen-bond acceptors (Lipinski definition) is 4. The molecule has 4 nitrogen and oxygen atoms in total. The SMILES string of the molecule is O=C(NCCc1csc(N2CCCC2)n1)c1ccc(F)c(F)c1. The molecule has 0 aliphatic carbocycles. The number of amides is 1. The van der Waals surface area contributed by atoms with Crippen LogP contribution in [0.1, 0.15) is 28.9 Å². The summed E-state index contributed by atoms with van der Waals surface area (Å²) in [6, 6.07) is 3.12. The monoisotopic (exact) mass is 337 g/mol. The molecule has 23 heavy (non-hydrogen) atoms. The Morgan fingerprint density at radius 1 is 1.26 bits per heavy atom. The van der Waals surface area contributed by atoms with Crippen molar-refractivity contribution in [2.24, 2.45) is 0 Å². The highest BCUT2D eigenvalue weighted by Gasteiger charge is 2.15. The van der Waals surface area contributed by atoms with Gasteiger partial charge in [-0.25, -0.2) is 13.8 Å². The minimum Gasteiger partial charge on any atom is -0.352 e. The third-order valence-electron chi connectivity index (χ3n) is 3.76. The molecule has 0 bridgehead atoms. The fourth-order valence-electron chi connectivity index (χ4n) is 2.51. The zero-order valence-corrected chi connectivity index (χ0v) is 13.3. The maximum atomic E-state index is 13.1. The van der Waals surface area contributed by atoms with Gasteiger partial charge in [0.2, 0.25) is 0 Å². The average molecular weight is 337 g/mol. The van der Waals surface area contributed by atoms with E-state index in [0.29, 0.717) is 13.0 Å². The van der Waals surface area contributed by atoms with Crippen molar-refractivity contribution in [3.05, 3.63) is 46.5 Å². The number of benzene rings is 1. The predicted octanol–water partition coefficient (Wildman–Crippen LogP) is 2.99. The van der Waals surface area contributed by atoms with Crippen LogP contribution in [0.15, 0.2) is 23.6 Å². The number of anilines is 1. The van der Waals surface area contributed by atoms with Gasteiger partial charge in [0.15, 0.2) is 16.8 Å². The lowest BCUT2D eigenvalue weighted by molar-refractivity contribution is 0.0953. The highest BCUT2D eigenvalue weighted by molar-refractivity contribution is 7.13. The van der Waals surface area contributed by atoms with Crippen molar-refractivity contribution in [2.75, 3.05) is 24.5 Å². The molecule has 1 saturated heterocycles. The molecule has 0 saturated carbocycles. The molecular formula is C16H17F2N3OS. The average Bonchev–Trinajstić information content (AvgIpc) is 3.20. The van der Waals surface area contributed by atoms with Gasteiger partial charge in [-0.1, -0.05) is 0 Å². The van der Waals surface area contributed by atoms with Crippen molar-refractivity contribution in [3.8, 4) is 0 Å². The van der Waals surface area contributed by atoms with Crippen molar-refractivity contribution in [3.63, 3.8) is 0 Å². The molecule has 1 N–H and O–H groups in total. The highest BCUT2D eigenvalue weighted by atomic mass is 32.1. The van der Waals surface area contributed by atoms with Gasteiger partial charge < -0.3 is 10.2 Å². The number of thiazole rings is 1. The van der Waals surface area contributed by atoms with Crippen LogP contribution < -0.4 is 10.2 Å². The molecule has 1 aromatic carbocycles. The van der Waals surface area contributed by atoms with Crippen LogP contribution in [0, 0.1) is 11.6 Å². The van der Waals surface area contributed by atoms with Crippen LogP contribution in [-0.4, -0.2) is 30.5 Å². The number of nitrogens with zero attached hydrogens (tertiary/aromatic N) is 2. The quantitative estimate of drug-likeness (QED) is 0.912. The normalized spacial score (nSPS) is 14.3. The zero-order chi connectivity index (χ0) is 16.2. The van der Waals surface area contributed by atoms with E-state index in [2.05, 4.69) is 15.2 Å². The third kappa shape index (κ3) is 3.85. The van der Waals surface area contributed by atoms with E-state index in [9.17, 15) is 13.6 Å². The van der Waals surface area contributed by atoms with Crippen LogP contribution in [0.2, 0.25) is 0 Å². The molecule has 0 atom stereocenters. The molecule has 3 rings (SSSR count). The second kappa shape index (κ2) is 7.04. The Kier molecular flexibility index (Phi) is 4.85. The molecule has 1 aliphatic rings. The molecular weight excluding hydrogens is 320 g/mol. The molecule has 1 aliphatic heterocycles. The maximum Gasteiger partial charge on any atom is 0.251 e. The summed E-state index contributed by atoms with van der Waals surface area (Å²) < 4.78 is 26.0. The molecule has 0 spiro atoms. The Labute approximate surface area is 137 Å². The Balaban J connectivity index is 1.50. The van der Waals surface area contributed by atoms with E-state index in [1.54, 1.807) is 11.3 Å². The Hall–Kier alpha value is -2.02. The van der Waals surface area contributed by atoms with Crippen molar-refractivity contribution in [1.29, 1.82) is 0 Å². The second-order valence-electron chi connectivity index (χ2n) is 5.45. The van der Waals surface area contributed by atoms with E-state index in [0.717, 1.165) is 36.0 Å². The summed E-state index contributed by atoms with van der Waals surface area (Å²) in [6.07, 6.45) is 3.03. The summed E-state index contributed by atoms with van der Waals surface area (Å²) in [4.78, 5) is 18.7. The molecule has 7 heteroatoms. The van der Waals surface area contributed by atoms with E-state index in [1.807, 2.05) is 5.38 Å². The number of nitrogens with one attached hydrogen (secondary N) is 1. The van der Waals surface area contributed by atoms with Gasteiger partial charge in [0.05, 0.1) is 5.69 Å². The minimum absolute atomic E-state index is 0.111. The van der Waals surface area contributed by atoms with Gasteiger partial charge in [-0.15, -0.1) is 11.3 Å². The fraction of sp³-hybridized carbons (Fsp3) is 0.375. The van der Waals surface area contributed by atoms with Crippen molar-refractivity contribution in [1.82, 2.24) is 10.3 Å². The van der Waals surface area contributed by atoms with Crippen LogP contribution in [0.4, 0.5) is 13.9 Å². The first-order chi connectivity index (χ1) is 11.1. The molecule has 0 radical (unpaired) electrons. The summed E-state index contributed by atoms with van der Waals surface area (Å²) in [7, 11) is 0. The molecule has 0 unspecified atom stereocenters. The van der Waals surface area contributed by atoms with E-state index < -0.39 is 17.5 Å². The van der Waals surface area contributed by atoms with E-state index in [1.165, 1.54) is 18.9 Å². The third-order valence-corrected chi connectivity index (χ3v) is 4.71. The predicted molar refractivity (Wildman–Crippen MR) is 86.0 cm³/mol. The van der Waals surface area contributed by atoms with Crippen LogP contribution >= 0.6 is 11.3 Å². The lowest BCUT2D eigenvalue weighted by Gasteiger charge is -2.12. The number of aromatic nitrogens is 1. The first-order valence-electron chi connectivity index (χ1n) is 7.56. The molecule has 2 aromatic rings. The zero-order valence-electron chi connectivity index (χ0n) is 12.5. The van der Waals surface area contributed by atoms with Crippen LogP contribution in [0.5, 0.6) is 0 Å². The molecule has 1 amide bonds. The lowest BCUT2D eigenvalue weighted by Crippen LogP contribution is -2.26. The lowest BCUT2D eigenvalue weighted by atomic mass is 10.2. The van der Waals surface area contributed by atoms with Gasteiger partial charge in [0, 0.05) is 37.0 Å².